The van der Waals surface area contributed by atoms with Gasteiger partial charge in [0.1, 0.15) is 0 Å². The van der Waals surface area contributed by atoms with E-state index >= 15 is 0 Å². The fourth-order valence-corrected chi connectivity index (χ4v) is 4.22. The molecule has 0 atom stereocenters. The van der Waals surface area contributed by atoms with Crippen LogP contribution in [0.1, 0.15) is 54.4 Å². The van der Waals surface area contributed by atoms with Crippen molar-refractivity contribution in [1.29, 1.82) is 0 Å². The first kappa shape index (κ1) is 20.1. The quantitative estimate of drug-likeness (QED) is 0.770. The van der Waals surface area contributed by atoms with Gasteiger partial charge in [-0.1, -0.05) is 37.1 Å². The molecule has 0 radical (unpaired) electrons. The minimum absolute atomic E-state index is 0.141. The molecule has 0 bridgehead atoms. The van der Waals surface area contributed by atoms with Gasteiger partial charge in [-0.3, -0.25) is 14.4 Å². The van der Waals surface area contributed by atoms with E-state index in [9.17, 15) is 14.4 Å². The molecule has 2 aliphatic rings. The van der Waals surface area contributed by atoms with E-state index in [0.29, 0.717) is 17.7 Å². The summed E-state index contributed by atoms with van der Waals surface area (Å²) in [5.41, 5.74) is 2.74. The smallest absolute Gasteiger partial charge is 0.253 e. The highest BCUT2D eigenvalue weighted by Gasteiger charge is 2.22. The van der Waals surface area contributed by atoms with Gasteiger partial charge in [0.15, 0.2) is 0 Å². The number of carbonyl (C=O) groups is 3. The molecule has 0 spiro atoms. The van der Waals surface area contributed by atoms with Crippen molar-refractivity contribution in [3.8, 4) is 0 Å². The average molecular weight is 405 g/mol. The summed E-state index contributed by atoms with van der Waals surface area (Å²) in [4.78, 5) is 38.9. The highest BCUT2D eigenvalue weighted by Crippen LogP contribution is 2.23. The van der Waals surface area contributed by atoms with E-state index in [-0.39, 0.29) is 30.2 Å². The maximum absolute atomic E-state index is 12.7. The molecule has 1 heterocycles. The number of anilines is 2. The molecule has 2 fully saturated rings. The zero-order valence-electron chi connectivity index (χ0n) is 17.0. The van der Waals surface area contributed by atoms with Crippen molar-refractivity contribution in [3.05, 3.63) is 59.7 Å². The SMILES string of the molecule is O=C(Cc1ccc(N2CCCC2=O)cc1)Nc1ccccc1C(=O)NC1CCCC1. The van der Waals surface area contributed by atoms with Crippen molar-refractivity contribution in [2.24, 2.45) is 0 Å². The summed E-state index contributed by atoms with van der Waals surface area (Å²) in [5.74, 6) is -0.175. The summed E-state index contributed by atoms with van der Waals surface area (Å²) >= 11 is 0. The molecule has 2 N–H and O–H groups in total. The standard InChI is InChI=1S/C24H27N3O3/c28-22(16-17-11-13-19(14-12-17)27-15-5-10-23(27)29)26-21-9-4-3-8-20(21)24(30)25-18-6-1-2-7-18/h3-4,8-9,11-14,18H,1-2,5-7,10,15-16H2,(H,25,30)(H,26,28). The maximum Gasteiger partial charge on any atom is 0.253 e. The maximum atomic E-state index is 12.7. The van der Waals surface area contributed by atoms with Crippen LogP contribution in [0, 0.1) is 0 Å². The zero-order chi connectivity index (χ0) is 20.9. The first-order valence-corrected chi connectivity index (χ1v) is 10.7. The Morgan fingerprint density at radius 1 is 0.967 bits per heavy atom. The normalized spacial score (nSPS) is 16.7. The van der Waals surface area contributed by atoms with Crippen LogP contribution >= 0.6 is 0 Å². The number of hydrogen-bond acceptors (Lipinski definition) is 3. The lowest BCUT2D eigenvalue weighted by Gasteiger charge is -2.16. The van der Waals surface area contributed by atoms with E-state index in [1.165, 1.54) is 0 Å². The minimum atomic E-state index is -0.180. The lowest BCUT2D eigenvalue weighted by Crippen LogP contribution is -2.33. The van der Waals surface area contributed by atoms with Crippen molar-refractivity contribution in [3.63, 3.8) is 0 Å². The molecule has 0 unspecified atom stereocenters. The van der Waals surface area contributed by atoms with Gasteiger partial charge in [0, 0.05) is 24.7 Å². The summed E-state index contributed by atoms with van der Waals surface area (Å²) in [5, 5.41) is 5.95. The largest absolute Gasteiger partial charge is 0.349 e. The summed E-state index contributed by atoms with van der Waals surface area (Å²) in [6, 6.07) is 14.8. The number of carbonyl (C=O) groups excluding carboxylic acids is 3. The third kappa shape index (κ3) is 4.70. The fourth-order valence-electron chi connectivity index (χ4n) is 4.22. The first-order valence-electron chi connectivity index (χ1n) is 10.7. The number of rotatable bonds is 6. The third-order valence-electron chi connectivity index (χ3n) is 5.82. The van der Waals surface area contributed by atoms with Crippen LogP contribution in [0.25, 0.3) is 0 Å². The van der Waals surface area contributed by atoms with Gasteiger partial charge in [-0.25, -0.2) is 0 Å². The van der Waals surface area contributed by atoms with Crippen LogP contribution < -0.4 is 15.5 Å². The van der Waals surface area contributed by atoms with Gasteiger partial charge in [-0.2, -0.15) is 0 Å². The molecule has 1 aliphatic heterocycles. The number of hydrogen-bond donors (Lipinski definition) is 2. The van der Waals surface area contributed by atoms with Gasteiger partial charge in [0.2, 0.25) is 11.8 Å². The molecule has 4 rings (SSSR count). The van der Waals surface area contributed by atoms with E-state index in [1.54, 1.807) is 23.1 Å². The predicted octanol–water partition coefficient (Wildman–Crippen LogP) is 3.67. The molecule has 6 nitrogen and oxygen atoms in total. The predicted molar refractivity (Wildman–Crippen MR) is 117 cm³/mol. The second kappa shape index (κ2) is 9.11. The van der Waals surface area contributed by atoms with Crippen molar-refractivity contribution in [1.82, 2.24) is 5.32 Å². The summed E-state index contributed by atoms with van der Waals surface area (Å²) in [6.45, 7) is 0.748. The van der Waals surface area contributed by atoms with Crippen molar-refractivity contribution in [2.45, 2.75) is 51.0 Å². The van der Waals surface area contributed by atoms with Gasteiger partial charge in [0.25, 0.3) is 5.91 Å². The molecule has 1 saturated heterocycles. The number of para-hydroxylation sites is 1. The van der Waals surface area contributed by atoms with Gasteiger partial charge < -0.3 is 15.5 Å². The molecule has 1 aliphatic carbocycles. The van der Waals surface area contributed by atoms with Crippen molar-refractivity contribution >= 4 is 29.1 Å². The summed E-state index contributed by atoms with van der Waals surface area (Å²) < 4.78 is 0. The lowest BCUT2D eigenvalue weighted by molar-refractivity contribution is -0.117. The molecular formula is C24H27N3O3. The van der Waals surface area contributed by atoms with E-state index < -0.39 is 0 Å². The molecule has 6 heteroatoms. The van der Waals surface area contributed by atoms with Crippen LogP contribution in [0.4, 0.5) is 11.4 Å². The fraction of sp³-hybridized carbons (Fsp3) is 0.375. The molecule has 2 aromatic carbocycles. The van der Waals surface area contributed by atoms with Crippen LogP contribution in [-0.2, 0) is 16.0 Å². The summed E-state index contributed by atoms with van der Waals surface area (Å²) in [6.07, 6.45) is 6.00. The van der Waals surface area contributed by atoms with Crippen molar-refractivity contribution in [2.75, 3.05) is 16.8 Å². The van der Waals surface area contributed by atoms with Gasteiger partial charge in [-0.15, -0.1) is 0 Å². The Bertz CT molecular complexity index is 933. The van der Waals surface area contributed by atoms with E-state index in [2.05, 4.69) is 10.6 Å². The Balaban J connectivity index is 1.38. The highest BCUT2D eigenvalue weighted by molar-refractivity contribution is 6.04. The Hall–Kier alpha value is -3.15. The Labute approximate surface area is 176 Å². The van der Waals surface area contributed by atoms with Crippen LogP contribution in [-0.4, -0.2) is 30.3 Å². The Morgan fingerprint density at radius 3 is 2.40 bits per heavy atom. The monoisotopic (exact) mass is 405 g/mol. The van der Waals surface area contributed by atoms with Crippen molar-refractivity contribution < 1.29 is 14.4 Å². The average Bonchev–Trinajstić information content (AvgIpc) is 3.40. The van der Waals surface area contributed by atoms with Crippen LogP contribution in [0.2, 0.25) is 0 Å². The Kier molecular flexibility index (Phi) is 6.12. The minimum Gasteiger partial charge on any atom is -0.349 e. The number of benzene rings is 2. The van der Waals surface area contributed by atoms with Gasteiger partial charge in [0.05, 0.1) is 17.7 Å². The second-order valence-corrected chi connectivity index (χ2v) is 8.04. The molecule has 0 aromatic heterocycles. The molecule has 30 heavy (non-hydrogen) atoms. The molecule has 156 valence electrons. The summed E-state index contributed by atoms with van der Waals surface area (Å²) in [7, 11) is 0. The second-order valence-electron chi connectivity index (χ2n) is 8.04. The molecule has 1 saturated carbocycles. The van der Waals surface area contributed by atoms with E-state index in [1.807, 2.05) is 30.3 Å². The lowest BCUT2D eigenvalue weighted by atomic mass is 10.1. The number of amides is 3. The number of nitrogens with one attached hydrogen (secondary N) is 2. The molecule has 2 aromatic rings. The van der Waals surface area contributed by atoms with Gasteiger partial charge in [-0.05, 0) is 49.1 Å². The first-order chi connectivity index (χ1) is 14.6. The Morgan fingerprint density at radius 2 is 1.70 bits per heavy atom. The highest BCUT2D eigenvalue weighted by atomic mass is 16.2. The third-order valence-corrected chi connectivity index (χ3v) is 5.82. The zero-order valence-corrected chi connectivity index (χ0v) is 17.0. The van der Waals surface area contributed by atoms with E-state index in [0.717, 1.165) is 49.9 Å². The molecular weight excluding hydrogens is 378 g/mol. The van der Waals surface area contributed by atoms with Crippen LogP contribution in [0.5, 0.6) is 0 Å². The topological polar surface area (TPSA) is 78.5 Å². The van der Waals surface area contributed by atoms with Gasteiger partial charge >= 0.3 is 0 Å². The van der Waals surface area contributed by atoms with Crippen LogP contribution in [0.3, 0.4) is 0 Å². The molecule has 3 amide bonds. The van der Waals surface area contributed by atoms with E-state index in [4.69, 9.17) is 0 Å². The number of nitrogens with zero attached hydrogens (tertiary/aromatic N) is 1. The van der Waals surface area contributed by atoms with Crippen LogP contribution in [0.15, 0.2) is 48.5 Å².